The fourth-order valence-electron chi connectivity index (χ4n) is 4.52. The Kier molecular flexibility index (Phi) is 6.79. The number of nitroso groups, excluding NO2 is 1. The van der Waals surface area contributed by atoms with Gasteiger partial charge in [0.2, 0.25) is 10.0 Å². The van der Waals surface area contributed by atoms with E-state index >= 15 is 0 Å². The second-order valence-electron chi connectivity index (χ2n) is 8.90. The number of fused-ring (bicyclic) bond motifs is 1. The van der Waals surface area contributed by atoms with Crippen molar-refractivity contribution in [3.8, 4) is 16.9 Å². The standard InChI is InChI=1S/C27H25N5O5S/c1-3-18-14-19(16-20(15-18)30-38(2,35)36)26-22-6-4-5-7-23(22)27(33)32(28-26)25-17-21(8-9-24(25)29-34)31-10-12-37-13-11-31/h3-9,14-17,30H,1,10-13H2,2H3. The molecule has 0 atom stereocenters. The minimum Gasteiger partial charge on any atom is -0.378 e. The van der Waals surface area contributed by atoms with Crippen molar-refractivity contribution in [3.63, 3.8) is 0 Å². The summed E-state index contributed by atoms with van der Waals surface area (Å²) in [5.41, 5.74) is 2.68. The molecule has 2 heterocycles. The molecule has 10 nitrogen and oxygen atoms in total. The molecule has 0 radical (unpaired) electrons. The van der Waals surface area contributed by atoms with Crippen molar-refractivity contribution in [3.05, 3.63) is 88.1 Å². The van der Waals surface area contributed by atoms with Crippen molar-refractivity contribution in [2.24, 2.45) is 5.18 Å². The van der Waals surface area contributed by atoms with Gasteiger partial charge >= 0.3 is 0 Å². The van der Waals surface area contributed by atoms with Gasteiger partial charge in [0.25, 0.3) is 5.56 Å². The highest BCUT2D eigenvalue weighted by Crippen LogP contribution is 2.32. The number of morpholine rings is 1. The number of hydrogen-bond acceptors (Lipinski definition) is 8. The third-order valence-electron chi connectivity index (χ3n) is 6.23. The summed E-state index contributed by atoms with van der Waals surface area (Å²) in [7, 11) is -3.55. The number of rotatable bonds is 7. The van der Waals surface area contributed by atoms with Crippen LogP contribution in [0.1, 0.15) is 5.56 Å². The molecule has 0 aliphatic carbocycles. The van der Waals surface area contributed by atoms with Gasteiger partial charge in [-0.2, -0.15) is 9.78 Å². The Hall–Kier alpha value is -4.35. The monoisotopic (exact) mass is 531 g/mol. The zero-order valence-corrected chi connectivity index (χ0v) is 21.4. The third kappa shape index (κ3) is 5.06. The first-order chi connectivity index (χ1) is 18.3. The van der Waals surface area contributed by atoms with E-state index in [9.17, 15) is 18.1 Å². The molecule has 194 valence electrons. The zero-order valence-electron chi connectivity index (χ0n) is 20.6. The normalized spacial score (nSPS) is 13.9. The van der Waals surface area contributed by atoms with Crippen LogP contribution < -0.4 is 15.2 Å². The summed E-state index contributed by atoms with van der Waals surface area (Å²) in [5.74, 6) is 0. The SMILES string of the molecule is C=Cc1cc(NS(C)(=O)=O)cc(-c2nn(-c3cc(N4CCOCC4)ccc3N=O)c(=O)c3ccccc23)c1. The van der Waals surface area contributed by atoms with Crippen molar-refractivity contribution >= 4 is 43.9 Å². The maximum atomic E-state index is 13.7. The summed E-state index contributed by atoms with van der Waals surface area (Å²) in [6.07, 6.45) is 2.66. The summed E-state index contributed by atoms with van der Waals surface area (Å²) < 4.78 is 33.0. The van der Waals surface area contributed by atoms with Crippen molar-refractivity contribution in [1.29, 1.82) is 0 Å². The highest BCUT2D eigenvalue weighted by molar-refractivity contribution is 7.92. The predicted octanol–water partition coefficient (Wildman–Crippen LogP) is 4.30. The van der Waals surface area contributed by atoms with Crippen LogP contribution in [0.4, 0.5) is 17.1 Å². The van der Waals surface area contributed by atoms with E-state index < -0.39 is 15.6 Å². The van der Waals surface area contributed by atoms with Crippen LogP contribution in [0.25, 0.3) is 33.8 Å². The van der Waals surface area contributed by atoms with Gasteiger partial charge in [0.15, 0.2) is 0 Å². The molecule has 4 aromatic rings. The molecule has 1 fully saturated rings. The Labute approximate surface area is 219 Å². The van der Waals surface area contributed by atoms with Gasteiger partial charge in [-0.3, -0.25) is 9.52 Å². The van der Waals surface area contributed by atoms with Crippen LogP contribution in [0, 0.1) is 4.91 Å². The lowest BCUT2D eigenvalue weighted by molar-refractivity contribution is 0.122. The van der Waals surface area contributed by atoms with Gasteiger partial charge in [-0.25, -0.2) is 8.42 Å². The summed E-state index contributed by atoms with van der Waals surface area (Å²) >= 11 is 0. The fourth-order valence-corrected chi connectivity index (χ4v) is 5.07. The second kappa shape index (κ2) is 10.2. The van der Waals surface area contributed by atoms with Crippen molar-refractivity contribution in [2.45, 2.75) is 0 Å². The largest absolute Gasteiger partial charge is 0.378 e. The van der Waals surface area contributed by atoms with Crippen LogP contribution >= 0.6 is 0 Å². The molecule has 5 rings (SSSR count). The topological polar surface area (TPSA) is 123 Å². The van der Waals surface area contributed by atoms with E-state index in [0.29, 0.717) is 59.6 Å². The average Bonchev–Trinajstić information content (AvgIpc) is 2.92. The van der Waals surface area contributed by atoms with E-state index in [-0.39, 0.29) is 11.4 Å². The molecule has 0 bridgehead atoms. The van der Waals surface area contributed by atoms with E-state index in [0.717, 1.165) is 11.9 Å². The molecular formula is C27H25N5O5S. The molecule has 1 aromatic heterocycles. The van der Waals surface area contributed by atoms with Gasteiger partial charge < -0.3 is 9.64 Å². The summed E-state index contributed by atoms with van der Waals surface area (Å²) in [6.45, 7) is 6.30. The van der Waals surface area contributed by atoms with E-state index in [2.05, 4.69) is 21.4 Å². The number of nitrogens with one attached hydrogen (secondary N) is 1. The second-order valence-corrected chi connectivity index (χ2v) is 10.6. The first-order valence-electron chi connectivity index (χ1n) is 11.9. The average molecular weight is 532 g/mol. The highest BCUT2D eigenvalue weighted by atomic mass is 32.2. The van der Waals surface area contributed by atoms with E-state index in [1.54, 1.807) is 66.7 Å². The van der Waals surface area contributed by atoms with Crippen molar-refractivity contribution in [1.82, 2.24) is 9.78 Å². The zero-order chi connectivity index (χ0) is 26.9. The molecule has 0 saturated carbocycles. The number of aromatic nitrogens is 2. The van der Waals surface area contributed by atoms with Crippen LogP contribution in [-0.4, -0.2) is 50.8 Å². The number of nitrogens with zero attached hydrogens (tertiary/aromatic N) is 4. The van der Waals surface area contributed by atoms with Crippen LogP contribution in [0.2, 0.25) is 0 Å². The molecule has 0 spiro atoms. The van der Waals surface area contributed by atoms with Crippen LogP contribution in [0.15, 0.2) is 77.2 Å². The molecule has 1 aliphatic heterocycles. The minimum atomic E-state index is -3.55. The Balaban J connectivity index is 1.77. The number of benzene rings is 3. The predicted molar refractivity (Wildman–Crippen MR) is 150 cm³/mol. The Morgan fingerprint density at radius 3 is 2.47 bits per heavy atom. The first kappa shape index (κ1) is 25.3. The molecule has 3 aromatic carbocycles. The van der Waals surface area contributed by atoms with Gasteiger partial charge in [0.05, 0.1) is 30.5 Å². The quantitative estimate of drug-likeness (QED) is 0.353. The lowest BCUT2D eigenvalue weighted by Crippen LogP contribution is -2.36. The number of sulfonamides is 1. The first-order valence-corrected chi connectivity index (χ1v) is 13.7. The Bertz CT molecular complexity index is 1730. The van der Waals surface area contributed by atoms with Gasteiger partial charge in [-0.15, -0.1) is 4.91 Å². The Morgan fingerprint density at radius 2 is 1.79 bits per heavy atom. The molecule has 0 amide bonds. The van der Waals surface area contributed by atoms with Gasteiger partial charge in [-0.05, 0) is 53.2 Å². The summed E-state index contributed by atoms with van der Waals surface area (Å²) in [6, 6.07) is 17.2. The summed E-state index contributed by atoms with van der Waals surface area (Å²) in [4.78, 5) is 27.5. The fraction of sp³-hybridized carbons (Fsp3) is 0.185. The molecule has 1 aliphatic rings. The van der Waals surface area contributed by atoms with E-state index in [1.807, 2.05) is 0 Å². The highest BCUT2D eigenvalue weighted by Gasteiger charge is 2.19. The van der Waals surface area contributed by atoms with Crippen LogP contribution in [0.3, 0.4) is 0 Å². The van der Waals surface area contributed by atoms with Crippen LogP contribution in [0.5, 0.6) is 0 Å². The Morgan fingerprint density at radius 1 is 1.05 bits per heavy atom. The smallest absolute Gasteiger partial charge is 0.279 e. The lowest BCUT2D eigenvalue weighted by Gasteiger charge is -2.29. The van der Waals surface area contributed by atoms with E-state index in [1.165, 1.54) is 4.68 Å². The van der Waals surface area contributed by atoms with Gasteiger partial charge in [-0.1, -0.05) is 30.9 Å². The lowest BCUT2D eigenvalue weighted by atomic mass is 10.0. The molecule has 38 heavy (non-hydrogen) atoms. The number of anilines is 2. The maximum absolute atomic E-state index is 13.7. The summed E-state index contributed by atoms with van der Waals surface area (Å²) in [5, 5.41) is 8.81. The third-order valence-corrected chi connectivity index (χ3v) is 6.84. The number of ether oxygens (including phenoxy) is 1. The minimum absolute atomic E-state index is 0.0668. The number of hydrogen-bond donors (Lipinski definition) is 1. The maximum Gasteiger partial charge on any atom is 0.279 e. The van der Waals surface area contributed by atoms with Gasteiger partial charge in [0.1, 0.15) is 11.4 Å². The molecule has 1 N–H and O–H groups in total. The molecule has 11 heteroatoms. The molecular weight excluding hydrogens is 506 g/mol. The van der Waals surface area contributed by atoms with Crippen molar-refractivity contribution in [2.75, 3.05) is 42.2 Å². The van der Waals surface area contributed by atoms with E-state index in [4.69, 9.17) is 9.84 Å². The van der Waals surface area contributed by atoms with Crippen LogP contribution in [-0.2, 0) is 14.8 Å². The van der Waals surface area contributed by atoms with Crippen molar-refractivity contribution < 1.29 is 13.2 Å². The molecule has 0 unspecified atom stereocenters. The molecule has 1 saturated heterocycles. The van der Waals surface area contributed by atoms with Gasteiger partial charge in [0, 0.05) is 35.4 Å².